The molecule has 1 heterocycles. The summed E-state index contributed by atoms with van der Waals surface area (Å²) in [5, 5.41) is 0.656. The highest BCUT2D eigenvalue weighted by atomic mass is 35.5. The average molecular weight is 312 g/mol. The van der Waals surface area contributed by atoms with E-state index in [-0.39, 0.29) is 6.42 Å². The fraction of sp³-hybridized carbons (Fsp3) is 0.0588. The van der Waals surface area contributed by atoms with Gasteiger partial charge in [0.25, 0.3) is 0 Å². The van der Waals surface area contributed by atoms with Gasteiger partial charge in [-0.05, 0) is 24.3 Å². The van der Waals surface area contributed by atoms with Crippen LogP contribution in [0.15, 0.2) is 60.9 Å². The van der Waals surface area contributed by atoms with E-state index < -0.39 is 5.91 Å². The van der Waals surface area contributed by atoms with Crippen LogP contribution in [0.25, 0.3) is 16.9 Å². The number of nitrogens with two attached hydrogens (primary N) is 1. The van der Waals surface area contributed by atoms with Crippen LogP contribution in [0.1, 0.15) is 5.69 Å². The second kappa shape index (κ2) is 6.03. The van der Waals surface area contributed by atoms with Gasteiger partial charge in [0, 0.05) is 16.3 Å². The Morgan fingerprint density at radius 2 is 1.77 bits per heavy atom. The summed E-state index contributed by atoms with van der Waals surface area (Å²) in [7, 11) is 0. The van der Waals surface area contributed by atoms with Gasteiger partial charge in [0.1, 0.15) is 6.33 Å². The van der Waals surface area contributed by atoms with Crippen LogP contribution in [0.5, 0.6) is 0 Å². The zero-order valence-corrected chi connectivity index (χ0v) is 12.5. The van der Waals surface area contributed by atoms with Crippen LogP contribution >= 0.6 is 11.6 Å². The van der Waals surface area contributed by atoms with Crippen molar-refractivity contribution in [3.63, 3.8) is 0 Å². The largest absolute Gasteiger partial charge is 0.369 e. The van der Waals surface area contributed by atoms with E-state index in [4.69, 9.17) is 17.3 Å². The Morgan fingerprint density at radius 1 is 1.09 bits per heavy atom. The van der Waals surface area contributed by atoms with Gasteiger partial charge in [0.2, 0.25) is 5.91 Å². The third-order valence-electron chi connectivity index (χ3n) is 3.36. The highest BCUT2D eigenvalue weighted by Gasteiger charge is 2.15. The number of primary amides is 1. The number of imidazole rings is 1. The van der Waals surface area contributed by atoms with E-state index in [0.29, 0.717) is 5.02 Å². The van der Waals surface area contributed by atoms with Gasteiger partial charge in [-0.3, -0.25) is 4.79 Å². The van der Waals surface area contributed by atoms with Crippen molar-refractivity contribution in [3.8, 4) is 16.9 Å². The SMILES string of the molecule is NC(=O)Cc1c(-c2ccccc2)ncn1-c1ccc(Cl)cc1. The standard InChI is InChI=1S/C17H14ClN3O/c18-13-6-8-14(9-7-13)21-11-20-17(15(21)10-16(19)22)12-4-2-1-3-5-12/h1-9,11H,10H2,(H2,19,22). The lowest BCUT2D eigenvalue weighted by Gasteiger charge is -2.09. The topological polar surface area (TPSA) is 60.9 Å². The van der Waals surface area contributed by atoms with Crippen LogP contribution in [0, 0.1) is 0 Å². The molecule has 0 aliphatic carbocycles. The lowest BCUT2D eigenvalue weighted by atomic mass is 10.1. The number of hydrogen-bond donors (Lipinski definition) is 1. The van der Waals surface area contributed by atoms with Gasteiger partial charge in [-0.1, -0.05) is 41.9 Å². The van der Waals surface area contributed by atoms with Crippen molar-refractivity contribution in [1.82, 2.24) is 9.55 Å². The third-order valence-corrected chi connectivity index (χ3v) is 3.61. The summed E-state index contributed by atoms with van der Waals surface area (Å²) in [5.41, 5.74) is 8.76. The van der Waals surface area contributed by atoms with Crippen LogP contribution in [0.3, 0.4) is 0 Å². The maximum Gasteiger partial charge on any atom is 0.223 e. The number of carbonyl (C=O) groups is 1. The fourth-order valence-electron chi connectivity index (χ4n) is 2.37. The van der Waals surface area contributed by atoms with Gasteiger partial charge in [-0.25, -0.2) is 4.98 Å². The molecule has 0 fully saturated rings. The molecule has 0 bridgehead atoms. The van der Waals surface area contributed by atoms with E-state index in [0.717, 1.165) is 22.6 Å². The lowest BCUT2D eigenvalue weighted by Crippen LogP contribution is -2.16. The molecule has 22 heavy (non-hydrogen) atoms. The summed E-state index contributed by atoms with van der Waals surface area (Å²) in [4.78, 5) is 15.9. The van der Waals surface area contributed by atoms with E-state index in [1.807, 2.05) is 47.0 Å². The van der Waals surface area contributed by atoms with Gasteiger partial charge in [-0.15, -0.1) is 0 Å². The number of rotatable bonds is 4. The van der Waals surface area contributed by atoms with Crippen LogP contribution in [-0.2, 0) is 11.2 Å². The summed E-state index contributed by atoms with van der Waals surface area (Å²) in [5.74, 6) is -0.395. The molecule has 0 aliphatic heterocycles. The normalized spacial score (nSPS) is 10.6. The predicted octanol–water partition coefficient (Wildman–Crippen LogP) is 3.22. The van der Waals surface area contributed by atoms with Gasteiger partial charge in [-0.2, -0.15) is 0 Å². The van der Waals surface area contributed by atoms with Crippen molar-refractivity contribution in [2.75, 3.05) is 0 Å². The molecule has 110 valence electrons. The predicted molar refractivity (Wildman–Crippen MR) is 86.9 cm³/mol. The molecule has 3 aromatic rings. The zero-order chi connectivity index (χ0) is 15.5. The van der Waals surface area contributed by atoms with Gasteiger partial charge in [0.05, 0.1) is 17.8 Å². The summed E-state index contributed by atoms with van der Waals surface area (Å²) in [6, 6.07) is 17.1. The van der Waals surface area contributed by atoms with Crippen molar-refractivity contribution in [2.45, 2.75) is 6.42 Å². The number of nitrogens with zero attached hydrogens (tertiary/aromatic N) is 2. The second-order valence-electron chi connectivity index (χ2n) is 4.90. The maximum atomic E-state index is 11.4. The van der Waals surface area contributed by atoms with Gasteiger partial charge >= 0.3 is 0 Å². The monoisotopic (exact) mass is 311 g/mol. The van der Waals surface area contributed by atoms with Crippen molar-refractivity contribution < 1.29 is 4.79 Å². The Kier molecular flexibility index (Phi) is 3.94. The Hall–Kier alpha value is -2.59. The minimum Gasteiger partial charge on any atom is -0.369 e. The molecule has 0 aliphatic rings. The lowest BCUT2D eigenvalue weighted by molar-refractivity contribution is -0.117. The Bertz CT molecular complexity index is 795. The van der Waals surface area contributed by atoms with Crippen molar-refractivity contribution in [2.24, 2.45) is 5.73 Å². The summed E-state index contributed by atoms with van der Waals surface area (Å²) in [6.07, 6.45) is 1.82. The highest BCUT2D eigenvalue weighted by molar-refractivity contribution is 6.30. The summed E-state index contributed by atoms with van der Waals surface area (Å²) in [6.45, 7) is 0. The number of carbonyl (C=O) groups excluding carboxylic acids is 1. The van der Waals surface area contributed by atoms with Crippen LogP contribution in [0.2, 0.25) is 5.02 Å². The Labute approximate surface area is 133 Å². The van der Waals surface area contributed by atoms with Crippen molar-refractivity contribution in [3.05, 3.63) is 71.6 Å². The third kappa shape index (κ3) is 2.87. The summed E-state index contributed by atoms with van der Waals surface area (Å²) < 4.78 is 1.86. The number of amides is 1. The molecule has 2 aromatic carbocycles. The van der Waals surface area contributed by atoms with Gasteiger partial charge in [0.15, 0.2) is 0 Å². The molecular weight excluding hydrogens is 298 g/mol. The van der Waals surface area contributed by atoms with Crippen LogP contribution < -0.4 is 5.73 Å². The number of benzene rings is 2. The first-order valence-corrected chi connectivity index (χ1v) is 7.19. The minimum atomic E-state index is -0.395. The molecule has 2 N–H and O–H groups in total. The molecule has 1 amide bonds. The number of hydrogen-bond acceptors (Lipinski definition) is 2. The maximum absolute atomic E-state index is 11.4. The number of halogens is 1. The van der Waals surface area contributed by atoms with E-state index in [1.165, 1.54) is 0 Å². The Morgan fingerprint density at radius 3 is 2.41 bits per heavy atom. The van der Waals surface area contributed by atoms with Crippen molar-refractivity contribution in [1.29, 1.82) is 0 Å². The Balaban J connectivity index is 2.13. The van der Waals surface area contributed by atoms with E-state index in [1.54, 1.807) is 18.5 Å². The highest BCUT2D eigenvalue weighted by Crippen LogP contribution is 2.25. The quantitative estimate of drug-likeness (QED) is 0.804. The van der Waals surface area contributed by atoms with Gasteiger partial charge < -0.3 is 10.3 Å². The van der Waals surface area contributed by atoms with Crippen LogP contribution in [-0.4, -0.2) is 15.5 Å². The fourth-order valence-corrected chi connectivity index (χ4v) is 2.50. The molecule has 0 atom stereocenters. The molecular formula is C17H14ClN3O. The zero-order valence-electron chi connectivity index (χ0n) is 11.7. The van der Waals surface area contributed by atoms with Crippen LogP contribution in [0.4, 0.5) is 0 Å². The molecule has 0 radical (unpaired) electrons. The second-order valence-corrected chi connectivity index (χ2v) is 5.33. The summed E-state index contributed by atoms with van der Waals surface area (Å²) >= 11 is 5.93. The van der Waals surface area contributed by atoms with Crippen molar-refractivity contribution >= 4 is 17.5 Å². The molecule has 3 rings (SSSR count). The number of aromatic nitrogens is 2. The van der Waals surface area contributed by atoms with E-state index in [9.17, 15) is 4.79 Å². The molecule has 1 aromatic heterocycles. The van der Waals surface area contributed by atoms with E-state index in [2.05, 4.69) is 4.98 Å². The molecule has 0 saturated heterocycles. The molecule has 0 unspecified atom stereocenters. The molecule has 4 nitrogen and oxygen atoms in total. The smallest absolute Gasteiger partial charge is 0.223 e. The first kappa shape index (κ1) is 14.4. The first-order chi connectivity index (χ1) is 10.6. The molecule has 0 saturated carbocycles. The molecule has 5 heteroatoms. The average Bonchev–Trinajstić information content (AvgIpc) is 2.92. The molecule has 0 spiro atoms. The first-order valence-electron chi connectivity index (χ1n) is 6.81. The van der Waals surface area contributed by atoms with E-state index >= 15 is 0 Å². The minimum absolute atomic E-state index is 0.118.